The fourth-order valence-electron chi connectivity index (χ4n) is 3.07. The third kappa shape index (κ3) is 2.71. The minimum absolute atomic E-state index is 0.381. The summed E-state index contributed by atoms with van der Waals surface area (Å²) in [6.07, 6.45) is 4.75. The molecule has 0 saturated carbocycles. The van der Waals surface area contributed by atoms with Gasteiger partial charge >= 0.3 is 0 Å². The highest BCUT2D eigenvalue weighted by atomic mass is 79.9. The Morgan fingerprint density at radius 2 is 2.10 bits per heavy atom. The van der Waals surface area contributed by atoms with Gasteiger partial charge in [-0.25, -0.2) is 4.98 Å². The van der Waals surface area contributed by atoms with E-state index in [4.69, 9.17) is 9.47 Å². The SMILES string of the molecule is COC1(c2cc(N3CCCCC3)cc(Br)n2)CCOC1. The van der Waals surface area contributed by atoms with Gasteiger partial charge in [0.1, 0.15) is 10.2 Å². The fraction of sp³-hybridized carbons (Fsp3) is 0.667. The zero-order valence-corrected chi connectivity index (χ0v) is 13.5. The van der Waals surface area contributed by atoms with E-state index in [1.165, 1.54) is 24.9 Å². The van der Waals surface area contributed by atoms with Gasteiger partial charge < -0.3 is 14.4 Å². The van der Waals surface area contributed by atoms with Crippen molar-refractivity contribution in [3.05, 3.63) is 22.4 Å². The van der Waals surface area contributed by atoms with Gasteiger partial charge in [-0.05, 0) is 47.3 Å². The normalized spacial score (nSPS) is 27.0. The Morgan fingerprint density at radius 1 is 1.30 bits per heavy atom. The molecule has 0 bridgehead atoms. The molecule has 3 rings (SSSR count). The predicted molar refractivity (Wildman–Crippen MR) is 82.1 cm³/mol. The second-order valence-electron chi connectivity index (χ2n) is 5.58. The van der Waals surface area contributed by atoms with Crippen LogP contribution in [0.25, 0.3) is 0 Å². The Kier molecular flexibility index (Phi) is 4.29. The van der Waals surface area contributed by atoms with Crippen LogP contribution in [0.1, 0.15) is 31.4 Å². The first-order chi connectivity index (χ1) is 9.73. The van der Waals surface area contributed by atoms with E-state index >= 15 is 0 Å². The molecule has 110 valence electrons. The number of rotatable bonds is 3. The largest absolute Gasteiger partial charge is 0.378 e. The predicted octanol–water partition coefficient (Wildman–Crippen LogP) is 3.10. The van der Waals surface area contributed by atoms with Crippen LogP contribution in [0, 0.1) is 0 Å². The molecule has 1 unspecified atom stereocenters. The molecular weight excluding hydrogens is 320 g/mol. The Bertz CT molecular complexity index is 469. The molecule has 0 aromatic carbocycles. The lowest BCUT2D eigenvalue weighted by atomic mass is 9.97. The number of hydrogen-bond donors (Lipinski definition) is 0. The average Bonchev–Trinajstić information content (AvgIpc) is 2.98. The lowest BCUT2D eigenvalue weighted by Crippen LogP contribution is -2.32. The molecule has 20 heavy (non-hydrogen) atoms. The van der Waals surface area contributed by atoms with Crippen LogP contribution in [0.2, 0.25) is 0 Å². The van der Waals surface area contributed by atoms with Crippen molar-refractivity contribution >= 4 is 21.6 Å². The highest BCUT2D eigenvalue weighted by Gasteiger charge is 2.39. The molecule has 4 nitrogen and oxygen atoms in total. The number of piperidine rings is 1. The van der Waals surface area contributed by atoms with E-state index in [0.717, 1.165) is 36.4 Å². The van der Waals surface area contributed by atoms with E-state index < -0.39 is 0 Å². The minimum Gasteiger partial charge on any atom is -0.378 e. The first kappa shape index (κ1) is 14.3. The maximum Gasteiger partial charge on any atom is 0.135 e. The molecule has 2 aliphatic rings. The number of pyridine rings is 1. The number of halogens is 1. The van der Waals surface area contributed by atoms with E-state index in [1.807, 2.05) is 0 Å². The smallest absolute Gasteiger partial charge is 0.135 e. The maximum atomic E-state index is 5.76. The highest BCUT2D eigenvalue weighted by Crippen LogP contribution is 2.36. The number of anilines is 1. The molecule has 0 radical (unpaired) electrons. The Hall–Kier alpha value is -0.650. The summed E-state index contributed by atoms with van der Waals surface area (Å²) in [5, 5.41) is 0. The van der Waals surface area contributed by atoms with E-state index in [2.05, 4.69) is 37.9 Å². The molecular formula is C15H21BrN2O2. The third-order valence-corrected chi connectivity index (χ3v) is 4.75. The highest BCUT2D eigenvalue weighted by molar-refractivity contribution is 9.10. The van der Waals surface area contributed by atoms with Crippen LogP contribution in [0.4, 0.5) is 5.69 Å². The molecule has 2 fully saturated rings. The number of aromatic nitrogens is 1. The van der Waals surface area contributed by atoms with Gasteiger partial charge in [0.25, 0.3) is 0 Å². The zero-order valence-electron chi connectivity index (χ0n) is 11.9. The molecule has 2 saturated heterocycles. The van der Waals surface area contributed by atoms with E-state index in [9.17, 15) is 0 Å². The fourth-order valence-corrected chi connectivity index (χ4v) is 3.49. The van der Waals surface area contributed by atoms with Crippen LogP contribution < -0.4 is 4.90 Å². The topological polar surface area (TPSA) is 34.6 Å². The monoisotopic (exact) mass is 340 g/mol. The Labute approximate surface area is 128 Å². The van der Waals surface area contributed by atoms with Crippen LogP contribution in [0.15, 0.2) is 16.7 Å². The molecule has 1 aromatic heterocycles. The van der Waals surface area contributed by atoms with Crippen LogP contribution in [0.3, 0.4) is 0 Å². The second kappa shape index (κ2) is 6.00. The van der Waals surface area contributed by atoms with E-state index in [1.54, 1.807) is 7.11 Å². The van der Waals surface area contributed by atoms with Crippen molar-refractivity contribution in [2.75, 3.05) is 38.3 Å². The van der Waals surface area contributed by atoms with Gasteiger partial charge in [0.05, 0.1) is 12.3 Å². The number of hydrogen-bond acceptors (Lipinski definition) is 4. The standard InChI is InChI=1S/C15H21BrN2O2/c1-19-15(5-8-20-11-15)13-9-12(10-14(16)17-13)18-6-3-2-4-7-18/h9-10H,2-8,11H2,1H3. The Balaban J connectivity index is 1.93. The lowest BCUT2D eigenvalue weighted by Gasteiger charge is -2.31. The summed E-state index contributed by atoms with van der Waals surface area (Å²) in [7, 11) is 1.75. The molecule has 0 aliphatic carbocycles. The molecule has 2 aliphatic heterocycles. The third-order valence-electron chi connectivity index (χ3n) is 4.34. The molecule has 0 spiro atoms. The van der Waals surface area contributed by atoms with Crippen molar-refractivity contribution in [2.24, 2.45) is 0 Å². The summed E-state index contributed by atoms with van der Waals surface area (Å²) in [4.78, 5) is 7.08. The molecule has 1 aromatic rings. The molecule has 3 heterocycles. The minimum atomic E-state index is -0.381. The van der Waals surface area contributed by atoms with Gasteiger partial charge in [0.2, 0.25) is 0 Å². The maximum absolute atomic E-state index is 5.76. The van der Waals surface area contributed by atoms with Gasteiger partial charge in [-0.2, -0.15) is 0 Å². The zero-order chi connectivity index (χ0) is 14.0. The van der Waals surface area contributed by atoms with Crippen molar-refractivity contribution in [2.45, 2.75) is 31.3 Å². The van der Waals surface area contributed by atoms with Gasteiger partial charge in [0, 0.05) is 38.9 Å². The summed E-state index contributed by atoms with van der Waals surface area (Å²) in [6, 6.07) is 4.28. The summed E-state index contributed by atoms with van der Waals surface area (Å²) in [5.74, 6) is 0. The van der Waals surface area contributed by atoms with Crippen molar-refractivity contribution in [3.63, 3.8) is 0 Å². The number of nitrogens with zero attached hydrogens (tertiary/aromatic N) is 2. The van der Waals surface area contributed by atoms with Crippen LogP contribution in [-0.4, -0.2) is 38.4 Å². The van der Waals surface area contributed by atoms with Crippen LogP contribution >= 0.6 is 15.9 Å². The van der Waals surface area contributed by atoms with E-state index in [0.29, 0.717) is 6.61 Å². The lowest BCUT2D eigenvalue weighted by molar-refractivity contribution is -0.0246. The summed E-state index contributed by atoms with van der Waals surface area (Å²) < 4.78 is 12.2. The quantitative estimate of drug-likeness (QED) is 0.792. The first-order valence-electron chi connectivity index (χ1n) is 7.29. The number of ether oxygens (including phenoxy) is 2. The Morgan fingerprint density at radius 3 is 2.75 bits per heavy atom. The first-order valence-corrected chi connectivity index (χ1v) is 8.09. The summed E-state index contributed by atoms with van der Waals surface area (Å²) >= 11 is 3.55. The summed E-state index contributed by atoms with van der Waals surface area (Å²) in [6.45, 7) is 3.59. The van der Waals surface area contributed by atoms with Crippen LogP contribution in [-0.2, 0) is 15.1 Å². The van der Waals surface area contributed by atoms with Crippen molar-refractivity contribution in [1.82, 2.24) is 4.98 Å². The van der Waals surface area contributed by atoms with Crippen molar-refractivity contribution in [1.29, 1.82) is 0 Å². The van der Waals surface area contributed by atoms with Gasteiger partial charge in [0.15, 0.2) is 0 Å². The van der Waals surface area contributed by atoms with Crippen molar-refractivity contribution < 1.29 is 9.47 Å². The average molecular weight is 341 g/mol. The number of methoxy groups -OCH3 is 1. The second-order valence-corrected chi connectivity index (χ2v) is 6.39. The molecule has 5 heteroatoms. The van der Waals surface area contributed by atoms with Gasteiger partial charge in [-0.1, -0.05) is 0 Å². The van der Waals surface area contributed by atoms with Crippen molar-refractivity contribution in [3.8, 4) is 0 Å². The van der Waals surface area contributed by atoms with E-state index in [-0.39, 0.29) is 5.60 Å². The van der Waals surface area contributed by atoms with Gasteiger partial charge in [-0.15, -0.1) is 0 Å². The van der Waals surface area contributed by atoms with Crippen LogP contribution in [0.5, 0.6) is 0 Å². The van der Waals surface area contributed by atoms with Gasteiger partial charge in [-0.3, -0.25) is 0 Å². The molecule has 1 atom stereocenters. The molecule has 0 N–H and O–H groups in total. The molecule has 0 amide bonds. The summed E-state index contributed by atoms with van der Waals surface area (Å²) in [5.41, 5.74) is 1.84.